The molecule has 0 aliphatic rings. The molecule has 7 nitrogen and oxygen atoms in total. The van der Waals surface area contributed by atoms with Crippen molar-refractivity contribution in [2.75, 3.05) is 6.54 Å². The molecular formula is C8H12N6O. The summed E-state index contributed by atoms with van der Waals surface area (Å²) in [5, 5.41) is 18.3. The Morgan fingerprint density at radius 2 is 2.53 bits per heavy atom. The Morgan fingerprint density at radius 1 is 1.73 bits per heavy atom. The maximum absolute atomic E-state index is 11.2. The Bertz CT molecular complexity index is 365. The van der Waals surface area contributed by atoms with Crippen LogP contribution in [-0.2, 0) is 17.9 Å². The van der Waals surface area contributed by atoms with E-state index in [4.69, 9.17) is 11.0 Å². The summed E-state index contributed by atoms with van der Waals surface area (Å²) in [5.41, 5.74) is 5.98. The summed E-state index contributed by atoms with van der Waals surface area (Å²) in [7, 11) is 0. The van der Waals surface area contributed by atoms with Crippen LogP contribution >= 0.6 is 0 Å². The van der Waals surface area contributed by atoms with Gasteiger partial charge in [-0.05, 0) is 0 Å². The minimum Gasteiger partial charge on any atom is -0.353 e. The monoisotopic (exact) mass is 208 g/mol. The van der Waals surface area contributed by atoms with E-state index in [1.807, 2.05) is 6.07 Å². The van der Waals surface area contributed by atoms with Crippen LogP contribution in [0.25, 0.3) is 0 Å². The standard InChI is InChI=1S/C8H12N6O/c9-2-1-3-11-8(15)6-14-5-7(4-10)12-13-14/h5H,1,3-4,6,10H2,(H,11,15). The number of carbonyl (C=O) groups excluding carboxylic acids is 1. The summed E-state index contributed by atoms with van der Waals surface area (Å²) in [6, 6.07) is 1.93. The summed E-state index contributed by atoms with van der Waals surface area (Å²) in [6.45, 7) is 0.752. The quantitative estimate of drug-likeness (QED) is 0.588. The van der Waals surface area contributed by atoms with Crippen molar-refractivity contribution in [2.45, 2.75) is 19.5 Å². The number of hydrogen-bond acceptors (Lipinski definition) is 5. The third-order valence-electron chi connectivity index (χ3n) is 1.66. The van der Waals surface area contributed by atoms with Crippen LogP contribution < -0.4 is 11.1 Å². The van der Waals surface area contributed by atoms with Crippen molar-refractivity contribution >= 4 is 5.91 Å². The molecule has 0 saturated carbocycles. The second-order valence-corrected chi connectivity index (χ2v) is 2.87. The van der Waals surface area contributed by atoms with Crippen molar-refractivity contribution in [3.63, 3.8) is 0 Å². The number of rotatable bonds is 5. The van der Waals surface area contributed by atoms with E-state index in [0.717, 1.165) is 0 Å². The van der Waals surface area contributed by atoms with E-state index >= 15 is 0 Å². The van der Waals surface area contributed by atoms with Crippen molar-refractivity contribution in [1.29, 1.82) is 5.26 Å². The Labute approximate surface area is 86.9 Å². The van der Waals surface area contributed by atoms with E-state index in [9.17, 15) is 4.79 Å². The number of aromatic nitrogens is 3. The number of nitrogens with one attached hydrogen (secondary N) is 1. The molecule has 0 fully saturated rings. The molecule has 0 aromatic carbocycles. The lowest BCUT2D eigenvalue weighted by Crippen LogP contribution is -2.28. The summed E-state index contributed by atoms with van der Waals surface area (Å²) < 4.78 is 1.41. The molecule has 3 N–H and O–H groups in total. The maximum atomic E-state index is 11.2. The van der Waals surface area contributed by atoms with Gasteiger partial charge < -0.3 is 11.1 Å². The lowest BCUT2D eigenvalue weighted by Gasteiger charge is -2.01. The first-order valence-electron chi connectivity index (χ1n) is 4.49. The topological polar surface area (TPSA) is 110 Å². The highest BCUT2D eigenvalue weighted by molar-refractivity contribution is 5.75. The summed E-state index contributed by atoms with van der Waals surface area (Å²) in [4.78, 5) is 11.2. The van der Waals surface area contributed by atoms with Gasteiger partial charge >= 0.3 is 0 Å². The zero-order valence-electron chi connectivity index (χ0n) is 8.18. The predicted molar refractivity (Wildman–Crippen MR) is 51.2 cm³/mol. The van der Waals surface area contributed by atoms with Gasteiger partial charge in [0.25, 0.3) is 0 Å². The highest BCUT2D eigenvalue weighted by Crippen LogP contribution is 1.90. The minimum absolute atomic E-state index is 0.0957. The van der Waals surface area contributed by atoms with Gasteiger partial charge in [0.15, 0.2) is 0 Å². The average Bonchev–Trinajstić information content (AvgIpc) is 2.66. The molecule has 0 bridgehead atoms. The van der Waals surface area contributed by atoms with Crippen LogP contribution in [0.4, 0.5) is 0 Å². The molecule has 1 aromatic rings. The van der Waals surface area contributed by atoms with Crippen LogP contribution in [-0.4, -0.2) is 27.4 Å². The van der Waals surface area contributed by atoms with Gasteiger partial charge in [0, 0.05) is 13.1 Å². The van der Waals surface area contributed by atoms with Gasteiger partial charge in [0.1, 0.15) is 6.54 Å². The van der Waals surface area contributed by atoms with Crippen LogP contribution in [0.15, 0.2) is 6.20 Å². The zero-order chi connectivity index (χ0) is 11.1. The van der Waals surface area contributed by atoms with Crippen LogP contribution in [0.5, 0.6) is 0 Å². The number of carbonyl (C=O) groups is 1. The van der Waals surface area contributed by atoms with Gasteiger partial charge in [-0.3, -0.25) is 4.79 Å². The Balaban J connectivity index is 2.34. The number of nitrogens with two attached hydrogens (primary N) is 1. The van der Waals surface area contributed by atoms with E-state index in [0.29, 0.717) is 25.2 Å². The third-order valence-corrected chi connectivity index (χ3v) is 1.66. The van der Waals surface area contributed by atoms with Crippen molar-refractivity contribution < 1.29 is 4.79 Å². The maximum Gasteiger partial charge on any atom is 0.241 e. The number of nitriles is 1. The molecule has 0 atom stereocenters. The second kappa shape index (κ2) is 5.72. The fourth-order valence-corrected chi connectivity index (χ4v) is 0.970. The molecular weight excluding hydrogens is 196 g/mol. The molecule has 0 spiro atoms. The number of nitrogens with zero attached hydrogens (tertiary/aromatic N) is 4. The highest BCUT2D eigenvalue weighted by atomic mass is 16.2. The molecule has 0 aliphatic heterocycles. The van der Waals surface area contributed by atoms with Gasteiger partial charge in [0.2, 0.25) is 5.91 Å². The van der Waals surface area contributed by atoms with Crippen LogP contribution in [0.1, 0.15) is 12.1 Å². The lowest BCUT2D eigenvalue weighted by molar-refractivity contribution is -0.121. The van der Waals surface area contributed by atoms with Crippen LogP contribution in [0.2, 0.25) is 0 Å². The fraction of sp³-hybridized carbons (Fsp3) is 0.500. The Kier molecular flexibility index (Phi) is 4.25. The van der Waals surface area contributed by atoms with Crippen LogP contribution in [0, 0.1) is 11.3 Å². The molecule has 7 heteroatoms. The molecule has 15 heavy (non-hydrogen) atoms. The highest BCUT2D eigenvalue weighted by Gasteiger charge is 2.04. The molecule has 1 heterocycles. The van der Waals surface area contributed by atoms with E-state index in [1.54, 1.807) is 6.20 Å². The van der Waals surface area contributed by atoms with Gasteiger partial charge in [-0.15, -0.1) is 5.10 Å². The second-order valence-electron chi connectivity index (χ2n) is 2.87. The summed E-state index contributed by atoms with van der Waals surface area (Å²) >= 11 is 0. The Hall–Kier alpha value is -1.94. The first-order valence-corrected chi connectivity index (χ1v) is 4.49. The predicted octanol–water partition coefficient (Wildman–Crippen LogP) is -1.23. The van der Waals surface area contributed by atoms with Crippen molar-refractivity contribution in [3.8, 4) is 6.07 Å². The molecule has 1 aromatic heterocycles. The largest absolute Gasteiger partial charge is 0.353 e. The molecule has 0 saturated heterocycles. The van der Waals surface area contributed by atoms with Gasteiger partial charge in [-0.25, -0.2) is 4.68 Å². The molecule has 0 aliphatic carbocycles. The van der Waals surface area contributed by atoms with Gasteiger partial charge in [-0.2, -0.15) is 5.26 Å². The Morgan fingerprint density at radius 3 is 3.13 bits per heavy atom. The van der Waals surface area contributed by atoms with Crippen molar-refractivity contribution in [1.82, 2.24) is 20.3 Å². The molecule has 0 radical (unpaired) electrons. The summed E-state index contributed by atoms with van der Waals surface area (Å²) in [6.07, 6.45) is 1.92. The minimum atomic E-state index is -0.196. The van der Waals surface area contributed by atoms with E-state index in [2.05, 4.69) is 15.6 Å². The van der Waals surface area contributed by atoms with Gasteiger partial charge in [0.05, 0.1) is 24.4 Å². The van der Waals surface area contributed by atoms with E-state index in [1.165, 1.54) is 4.68 Å². The third kappa shape index (κ3) is 3.74. The molecule has 0 unspecified atom stereocenters. The number of hydrogen-bond donors (Lipinski definition) is 2. The molecule has 80 valence electrons. The lowest BCUT2D eigenvalue weighted by atomic mass is 10.4. The van der Waals surface area contributed by atoms with Gasteiger partial charge in [-0.1, -0.05) is 5.21 Å². The summed E-state index contributed by atoms with van der Waals surface area (Å²) in [5.74, 6) is -0.196. The average molecular weight is 208 g/mol. The first-order chi connectivity index (χ1) is 7.26. The van der Waals surface area contributed by atoms with E-state index < -0.39 is 0 Å². The van der Waals surface area contributed by atoms with Crippen molar-refractivity contribution in [2.24, 2.45) is 5.73 Å². The molecule has 1 rings (SSSR count). The smallest absolute Gasteiger partial charge is 0.241 e. The number of amides is 1. The normalized spacial score (nSPS) is 9.60. The molecule has 1 amide bonds. The van der Waals surface area contributed by atoms with E-state index in [-0.39, 0.29) is 12.5 Å². The fourth-order valence-electron chi connectivity index (χ4n) is 0.970. The SMILES string of the molecule is N#CCCNC(=O)Cn1cc(CN)nn1. The van der Waals surface area contributed by atoms with Crippen LogP contribution in [0.3, 0.4) is 0 Å². The zero-order valence-corrected chi connectivity index (χ0v) is 8.18. The van der Waals surface area contributed by atoms with Crippen molar-refractivity contribution in [3.05, 3.63) is 11.9 Å². The first kappa shape index (κ1) is 11.1.